The minimum absolute atomic E-state index is 0.173. The number of ether oxygens (including phenoxy) is 1. The molecule has 1 N–H and O–H groups in total. The summed E-state index contributed by atoms with van der Waals surface area (Å²) in [7, 11) is 1.95. The van der Waals surface area contributed by atoms with E-state index in [1.165, 1.54) is 6.07 Å². The summed E-state index contributed by atoms with van der Waals surface area (Å²) in [5.41, 5.74) is -2.25. The molecule has 1 aliphatic carbocycles. The van der Waals surface area contributed by atoms with E-state index in [2.05, 4.69) is 10.2 Å². The monoisotopic (exact) mass is 346 g/mol. The Labute approximate surface area is 136 Å². The minimum Gasteiger partial charge on any atom is -0.438 e. The first-order valence-corrected chi connectivity index (χ1v) is 7.76. The maximum absolute atomic E-state index is 13.4. The molecule has 3 rings (SSSR count). The first kappa shape index (κ1) is 17.0. The maximum Gasteiger partial charge on any atom is 0.419 e. The van der Waals surface area contributed by atoms with Gasteiger partial charge < -0.3 is 15.0 Å². The topological polar surface area (TPSA) is 41.6 Å². The summed E-state index contributed by atoms with van der Waals surface area (Å²) < 4.78 is 57.2. The van der Waals surface area contributed by atoms with Gasteiger partial charge in [-0.1, -0.05) is 6.07 Å². The Hall–Kier alpha value is -1.83. The van der Waals surface area contributed by atoms with Crippen LogP contribution in [-0.2, 0) is 16.5 Å². The summed E-state index contributed by atoms with van der Waals surface area (Å²) in [6.07, 6.45) is -3.62. The number of nitrogens with zero attached hydrogens (tertiary/aromatic N) is 1. The van der Waals surface area contributed by atoms with E-state index in [1.54, 1.807) is 0 Å². The first-order valence-electron chi connectivity index (χ1n) is 7.76. The van der Waals surface area contributed by atoms with Crippen LogP contribution in [0.2, 0.25) is 0 Å². The van der Waals surface area contributed by atoms with Crippen LogP contribution in [0.4, 0.5) is 22.4 Å². The van der Waals surface area contributed by atoms with Crippen molar-refractivity contribution in [2.24, 2.45) is 0 Å². The number of benzene rings is 1. The molecule has 8 heteroatoms. The molecule has 0 bridgehead atoms. The van der Waals surface area contributed by atoms with Crippen LogP contribution in [0.25, 0.3) is 0 Å². The van der Waals surface area contributed by atoms with Gasteiger partial charge in [0, 0.05) is 12.6 Å². The maximum atomic E-state index is 13.4. The molecule has 0 spiro atoms. The van der Waals surface area contributed by atoms with E-state index in [1.807, 2.05) is 7.05 Å². The number of nitrogens with one attached hydrogen (secondary N) is 1. The van der Waals surface area contributed by atoms with Crippen molar-refractivity contribution in [1.82, 2.24) is 10.2 Å². The summed E-state index contributed by atoms with van der Waals surface area (Å²) in [4.78, 5) is 14.0. The molecule has 1 aliphatic heterocycles. The Morgan fingerprint density at radius 1 is 1.42 bits per heavy atom. The third kappa shape index (κ3) is 3.33. The Kier molecular flexibility index (Phi) is 4.19. The molecule has 1 unspecified atom stereocenters. The van der Waals surface area contributed by atoms with Crippen LogP contribution < -0.4 is 5.32 Å². The molecule has 1 heterocycles. The van der Waals surface area contributed by atoms with Crippen LogP contribution in [0.3, 0.4) is 0 Å². The molecule has 4 nitrogen and oxygen atoms in total. The number of carbonyl (C=O) groups excluding carboxylic acids is 1. The van der Waals surface area contributed by atoms with Gasteiger partial charge in [0.1, 0.15) is 11.4 Å². The molecule has 1 aromatic carbocycles. The smallest absolute Gasteiger partial charge is 0.419 e. The minimum atomic E-state index is -4.78. The second kappa shape index (κ2) is 5.91. The van der Waals surface area contributed by atoms with Crippen molar-refractivity contribution in [3.63, 3.8) is 0 Å². The van der Waals surface area contributed by atoms with Gasteiger partial charge in [0.05, 0.1) is 5.56 Å². The normalized spacial score (nSPS) is 22.6. The van der Waals surface area contributed by atoms with E-state index in [0.29, 0.717) is 19.4 Å². The van der Waals surface area contributed by atoms with Crippen molar-refractivity contribution in [2.75, 3.05) is 20.1 Å². The third-order valence-corrected chi connectivity index (χ3v) is 4.71. The second-order valence-electron chi connectivity index (χ2n) is 6.38. The van der Waals surface area contributed by atoms with Crippen molar-refractivity contribution in [2.45, 2.75) is 37.1 Å². The van der Waals surface area contributed by atoms with Crippen LogP contribution >= 0.6 is 0 Å². The van der Waals surface area contributed by atoms with E-state index in [0.717, 1.165) is 25.1 Å². The zero-order chi connectivity index (χ0) is 17.5. The van der Waals surface area contributed by atoms with Gasteiger partial charge in [0.25, 0.3) is 0 Å². The zero-order valence-electron chi connectivity index (χ0n) is 13.1. The predicted octanol–water partition coefficient (Wildman–Crippen LogP) is 3.26. The van der Waals surface area contributed by atoms with Gasteiger partial charge in [-0.3, -0.25) is 0 Å². The van der Waals surface area contributed by atoms with E-state index in [-0.39, 0.29) is 11.6 Å². The lowest BCUT2D eigenvalue weighted by molar-refractivity contribution is -0.140. The number of carbonyl (C=O) groups is 1. The van der Waals surface area contributed by atoms with Crippen LogP contribution in [0, 0.1) is 5.82 Å². The molecule has 2 aliphatic rings. The van der Waals surface area contributed by atoms with Crippen molar-refractivity contribution in [3.05, 3.63) is 35.1 Å². The summed E-state index contributed by atoms with van der Waals surface area (Å²) in [6, 6.07) is 3.00. The molecule has 132 valence electrons. The number of halogens is 4. The number of amides is 1. The molecule has 0 aromatic heterocycles. The fourth-order valence-electron chi connectivity index (χ4n) is 2.83. The highest BCUT2D eigenvalue weighted by Crippen LogP contribution is 2.50. The third-order valence-electron chi connectivity index (χ3n) is 4.71. The lowest BCUT2D eigenvalue weighted by Crippen LogP contribution is -2.51. The molecule has 1 amide bonds. The van der Waals surface area contributed by atoms with E-state index in [4.69, 9.17) is 4.74 Å². The summed E-state index contributed by atoms with van der Waals surface area (Å²) in [5.74, 6) is -1.33. The molecule has 24 heavy (non-hydrogen) atoms. The van der Waals surface area contributed by atoms with E-state index in [9.17, 15) is 22.4 Å². The Morgan fingerprint density at radius 3 is 2.62 bits per heavy atom. The van der Waals surface area contributed by atoms with Crippen LogP contribution in [0.5, 0.6) is 0 Å². The number of alkyl halides is 3. The van der Waals surface area contributed by atoms with Gasteiger partial charge in [-0.15, -0.1) is 0 Å². The van der Waals surface area contributed by atoms with Gasteiger partial charge in [0.2, 0.25) is 0 Å². The Balaban J connectivity index is 1.66. The van der Waals surface area contributed by atoms with E-state index >= 15 is 0 Å². The first-order chi connectivity index (χ1) is 11.2. The fourth-order valence-corrected chi connectivity index (χ4v) is 2.83. The van der Waals surface area contributed by atoms with Gasteiger partial charge in [0.15, 0.2) is 0 Å². The number of likely N-dealkylation sites (tertiary alicyclic amines) is 1. The summed E-state index contributed by atoms with van der Waals surface area (Å²) in [5, 5.41) is 2.64. The van der Waals surface area contributed by atoms with Gasteiger partial charge >= 0.3 is 12.3 Å². The van der Waals surface area contributed by atoms with Gasteiger partial charge in [-0.2, -0.15) is 13.2 Å². The molecule has 1 saturated heterocycles. The van der Waals surface area contributed by atoms with Crippen molar-refractivity contribution >= 4 is 6.09 Å². The standard InChI is InChI=1S/C16H18F4N2O2/c1-22-7-4-11(22)9-21-14(23)24-15(5-6-15)10-2-3-13(17)12(8-10)16(18,19)20/h2-3,8,11H,4-7,9H2,1H3,(H,21,23). The second-order valence-corrected chi connectivity index (χ2v) is 6.38. The molecule has 1 aromatic rings. The Bertz CT molecular complexity index is 643. The highest BCUT2D eigenvalue weighted by molar-refractivity contribution is 5.68. The SMILES string of the molecule is CN1CCC1CNC(=O)OC1(c2ccc(F)c(C(F)(F)F)c2)CC1. The zero-order valence-corrected chi connectivity index (χ0v) is 13.1. The number of hydrogen-bond acceptors (Lipinski definition) is 3. The summed E-state index contributed by atoms with van der Waals surface area (Å²) >= 11 is 0. The van der Waals surface area contributed by atoms with Crippen LogP contribution in [-0.4, -0.2) is 37.2 Å². The van der Waals surface area contributed by atoms with Crippen LogP contribution in [0.1, 0.15) is 30.4 Å². The molecular formula is C16H18F4N2O2. The summed E-state index contributed by atoms with van der Waals surface area (Å²) in [6.45, 7) is 1.41. The molecular weight excluding hydrogens is 328 g/mol. The molecule has 2 fully saturated rings. The predicted molar refractivity (Wildman–Crippen MR) is 77.8 cm³/mol. The van der Waals surface area contributed by atoms with Crippen molar-refractivity contribution < 1.29 is 27.1 Å². The van der Waals surface area contributed by atoms with Crippen molar-refractivity contribution in [3.8, 4) is 0 Å². The number of hydrogen-bond donors (Lipinski definition) is 1. The lowest BCUT2D eigenvalue weighted by Gasteiger charge is -2.37. The average molecular weight is 346 g/mol. The fraction of sp³-hybridized carbons (Fsp3) is 0.562. The van der Waals surface area contributed by atoms with Crippen molar-refractivity contribution in [1.29, 1.82) is 0 Å². The molecule has 1 saturated carbocycles. The quantitative estimate of drug-likeness (QED) is 0.851. The van der Waals surface area contributed by atoms with E-state index < -0.39 is 29.3 Å². The largest absolute Gasteiger partial charge is 0.438 e. The van der Waals surface area contributed by atoms with Gasteiger partial charge in [-0.05, 0) is 50.6 Å². The lowest BCUT2D eigenvalue weighted by atomic mass is 10.0. The Morgan fingerprint density at radius 2 is 2.12 bits per heavy atom. The van der Waals surface area contributed by atoms with Crippen LogP contribution in [0.15, 0.2) is 18.2 Å². The van der Waals surface area contributed by atoms with Gasteiger partial charge in [-0.25, -0.2) is 9.18 Å². The molecule has 0 radical (unpaired) electrons. The number of alkyl carbamates (subject to hydrolysis) is 1. The highest BCUT2D eigenvalue weighted by atomic mass is 19.4. The average Bonchev–Trinajstić information content (AvgIpc) is 3.25. The highest BCUT2D eigenvalue weighted by Gasteiger charge is 2.50. The number of likely N-dealkylation sites (N-methyl/N-ethyl adjacent to an activating group) is 1. The molecule has 1 atom stereocenters. The number of rotatable bonds is 4.